The van der Waals surface area contributed by atoms with Crippen molar-refractivity contribution in [1.82, 2.24) is 0 Å². The van der Waals surface area contributed by atoms with Gasteiger partial charge in [-0.05, 0) is 19.4 Å². The molecular weight excluding hydrogens is 129 g/mol. The van der Waals surface area contributed by atoms with Gasteiger partial charge in [0.15, 0.2) is 0 Å². The van der Waals surface area contributed by atoms with Crippen LogP contribution >= 0.6 is 0 Å². The molecule has 0 aromatic rings. The number of unbranched alkanes of at least 4 members (excludes halogenated alkanes) is 1. The van der Waals surface area contributed by atoms with Crippen LogP contribution in [0.2, 0.25) is 0 Å². The van der Waals surface area contributed by atoms with Crippen molar-refractivity contribution in [2.75, 3.05) is 6.54 Å². The monoisotopic (exact) mass is 145 g/mol. The first-order chi connectivity index (χ1) is 4.81. The van der Waals surface area contributed by atoms with E-state index in [1.54, 1.807) is 6.08 Å². The SMILES string of the molecule is CCC/C=C/C(F)CCN. The molecule has 0 saturated heterocycles. The number of alkyl halides is 1. The molecule has 10 heavy (non-hydrogen) atoms. The van der Waals surface area contributed by atoms with Crippen LogP contribution in [-0.2, 0) is 0 Å². The van der Waals surface area contributed by atoms with Gasteiger partial charge in [0.1, 0.15) is 6.17 Å². The van der Waals surface area contributed by atoms with Gasteiger partial charge in [-0.2, -0.15) is 0 Å². The summed E-state index contributed by atoms with van der Waals surface area (Å²) in [5.74, 6) is 0. The number of hydrogen-bond donors (Lipinski definition) is 1. The maximum absolute atomic E-state index is 12.6. The van der Waals surface area contributed by atoms with E-state index in [0.717, 1.165) is 12.8 Å². The van der Waals surface area contributed by atoms with Crippen LogP contribution in [0.25, 0.3) is 0 Å². The number of halogens is 1. The van der Waals surface area contributed by atoms with E-state index >= 15 is 0 Å². The molecule has 0 aliphatic rings. The molecule has 0 bridgehead atoms. The van der Waals surface area contributed by atoms with Crippen molar-refractivity contribution in [2.24, 2.45) is 5.73 Å². The second kappa shape index (κ2) is 6.75. The highest BCUT2D eigenvalue weighted by atomic mass is 19.1. The lowest BCUT2D eigenvalue weighted by Crippen LogP contribution is -2.06. The lowest BCUT2D eigenvalue weighted by molar-refractivity contribution is 0.382. The van der Waals surface area contributed by atoms with Crippen LogP contribution in [0.15, 0.2) is 12.2 Å². The first kappa shape index (κ1) is 9.63. The Morgan fingerprint density at radius 3 is 2.80 bits per heavy atom. The van der Waals surface area contributed by atoms with Crippen LogP contribution in [0.3, 0.4) is 0 Å². The van der Waals surface area contributed by atoms with E-state index in [-0.39, 0.29) is 0 Å². The summed E-state index contributed by atoms with van der Waals surface area (Å²) in [6.07, 6.45) is 5.12. The quantitative estimate of drug-likeness (QED) is 0.588. The van der Waals surface area contributed by atoms with Crippen molar-refractivity contribution >= 4 is 0 Å². The van der Waals surface area contributed by atoms with Gasteiger partial charge in [-0.1, -0.05) is 25.5 Å². The van der Waals surface area contributed by atoms with Gasteiger partial charge < -0.3 is 5.73 Å². The van der Waals surface area contributed by atoms with Crippen LogP contribution in [0.5, 0.6) is 0 Å². The third-order valence-corrected chi connectivity index (χ3v) is 1.24. The summed E-state index contributed by atoms with van der Waals surface area (Å²) in [7, 11) is 0. The zero-order chi connectivity index (χ0) is 7.82. The number of rotatable bonds is 5. The zero-order valence-corrected chi connectivity index (χ0v) is 6.52. The number of nitrogens with two attached hydrogens (primary N) is 1. The third-order valence-electron chi connectivity index (χ3n) is 1.24. The Kier molecular flexibility index (Phi) is 6.50. The molecule has 2 N–H and O–H groups in total. The normalized spacial score (nSPS) is 14.3. The van der Waals surface area contributed by atoms with Gasteiger partial charge >= 0.3 is 0 Å². The van der Waals surface area contributed by atoms with E-state index in [2.05, 4.69) is 6.92 Å². The maximum atomic E-state index is 12.6. The van der Waals surface area contributed by atoms with Crippen LogP contribution < -0.4 is 5.73 Å². The minimum absolute atomic E-state index is 0.428. The fourth-order valence-electron chi connectivity index (χ4n) is 0.666. The predicted molar refractivity (Wildman–Crippen MR) is 42.6 cm³/mol. The van der Waals surface area contributed by atoms with Crippen molar-refractivity contribution in [3.05, 3.63) is 12.2 Å². The van der Waals surface area contributed by atoms with Crippen LogP contribution in [-0.4, -0.2) is 12.7 Å². The van der Waals surface area contributed by atoms with E-state index in [1.165, 1.54) is 0 Å². The molecule has 1 nitrogen and oxygen atoms in total. The van der Waals surface area contributed by atoms with E-state index in [4.69, 9.17) is 5.73 Å². The molecular formula is C8H16FN. The molecule has 0 aromatic carbocycles. The molecule has 0 rings (SSSR count). The van der Waals surface area contributed by atoms with Gasteiger partial charge in [0, 0.05) is 0 Å². The van der Waals surface area contributed by atoms with Crippen LogP contribution in [0, 0.1) is 0 Å². The third kappa shape index (κ3) is 5.76. The molecule has 0 fully saturated rings. The van der Waals surface area contributed by atoms with Gasteiger partial charge in [-0.25, -0.2) is 4.39 Å². The van der Waals surface area contributed by atoms with Gasteiger partial charge in [-0.3, -0.25) is 0 Å². The highest BCUT2D eigenvalue weighted by Crippen LogP contribution is 1.99. The van der Waals surface area contributed by atoms with E-state index in [0.29, 0.717) is 13.0 Å². The second-order valence-corrected chi connectivity index (χ2v) is 2.31. The van der Waals surface area contributed by atoms with Gasteiger partial charge in [0.2, 0.25) is 0 Å². The molecule has 0 spiro atoms. The fourth-order valence-corrected chi connectivity index (χ4v) is 0.666. The molecule has 1 unspecified atom stereocenters. The summed E-state index contributed by atoms with van der Waals surface area (Å²) in [6.45, 7) is 2.50. The summed E-state index contributed by atoms with van der Waals surface area (Å²) in [5.41, 5.74) is 5.16. The summed E-state index contributed by atoms with van der Waals surface area (Å²) in [5, 5.41) is 0. The Balaban J connectivity index is 3.26. The van der Waals surface area contributed by atoms with Crippen molar-refractivity contribution in [2.45, 2.75) is 32.4 Å². The molecule has 0 saturated carbocycles. The molecule has 0 heterocycles. The summed E-state index contributed by atoms with van der Waals surface area (Å²) < 4.78 is 12.6. The highest BCUT2D eigenvalue weighted by molar-refractivity contribution is 4.88. The van der Waals surface area contributed by atoms with Crippen LogP contribution in [0.4, 0.5) is 4.39 Å². The van der Waals surface area contributed by atoms with Crippen molar-refractivity contribution in [3.63, 3.8) is 0 Å². The average molecular weight is 145 g/mol. The topological polar surface area (TPSA) is 26.0 Å². The molecule has 0 aliphatic heterocycles. The fraction of sp³-hybridized carbons (Fsp3) is 0.750. The van der Waals surface area contributed by atoms with Crippen LogP contribution in [0.1, 0.15) is 26.2 Å². The van der Waals surface area contributed by atoms with Gasteiger partial charge in [0.05, 0.1) is 0 Å². The second-order valence-electron chi connectivity index (χ2n) is 2.31. The van der Waals surface area contributed by atoms with E-state index in [1.807, 2.05) is 6.08 Å². The summed E-state index contributed by atoms with van der Waals surface area (Å²) in [6, 6.07) is 0. The largest absolute Gasteiger partial charge is 0.330 e. The lowest BCUT2D eigenvalue weighted by Gasteiger charge is -1.97. The zero-order valence-electron chi connectivity index (χ0n) is 6.52. The first-order valence-corrected chi connectivity index (χ1v) is 3.82. The van der Waals surface area contributed by atoms with Gasteiger partial charge in [-0.15, -0.1) is 0 Å². The smallest absolute Gasteiger partial charge is 0.119 e. The minimum atomic E-state index is -0.837. The Morgan fingerprint density at radius 1 is 1.60 bits per heavy atom. The Labute approximate surface area is 62.1 Å². The molecule has 1 atom stereocenters. The highest BCUT2D eigenvalue weighted by Gasteiger charge is 1.96. The Morgan fingerprint density at radius 2 is 2.30 bits per heavy atom. The van der Waals surface area contributed by atoms with E-state index in [9.17, 15) is 4.39 Å². The Hall–Kier alpha value is -0.370. The molecule has 0 radical (unpaired) electrons. The number of hydrogen-bond acceptors (Lipinski definition) is 1. The molecule has 0 aromatic heterocycles. The molecule has 0 aliphatic carbocycles. The lowest BCUT2D eigenvalue weighted by atomic mass is 10.2. The van der Waals surface area contributed by atoms with Crippen molar-refractivity contribution in [3.8, 4) is 0 Å². The first-order valence-electron chi connectivity index (χ1n) is 3.82. The van der Waals surface area contributed by atoms with Crippen molar-refractivity contribution in [1.29, 1.82) is 0 Å². The standard InChI is InChI=1S/C8H16FN/c1-2-3-4-5-8(9)6-7-10/h4-5,8H,2-3,6-7,10H2,1H3/b5-4+. The molecule has 60 valence electrons. The summed E-state index contributed by atoms with van der Waals surface area (Å²) >= 11 is 0. The molecule has 2 heteroatoms. The average Bonchev–Trinajstić information content (AvgIpc) is 1.89. The predicted octanol–water partition coefficient (Wildman–Crippen LogP) is 2.03. The van der Waals surface area contributed by atoms with Crippen molar-refractivity contribution < 1.29 is 4.39 Å². The maximum Gasteiger partial charge on any atom is 0.119 e. The van der Waals surface area contributed by atoms with E-state index < -0.39 is 6.17 Å². The minimum Gasteiger partial charge on any atom is -0.330 e. The summed E-state index contributed by atoms with van der Waals surface area (Å²) in [4.78, 5) is 0. The number of allylic oxidation sites excluding steroid dienone is 2. The van der Waals surface area contributed by atoms with Gasteiger partial charge in [0.25, 0.3) is 0 Å². The molecule has 0 amide bonds. The Bertz CT molecular complexity index is 91.3.